The van der Waals surface area contributed by atoms with Gasteiger partial charge >= 0.3 is 5.69 Å². The molecular formula is C26H24ClN5O2. The van der Waals surface area contributed by atoms with Gasteiger partial charge in [0.05, 0.1) is 29.4 Å². The molecule has 2 aromatic heterocycles. The van der Waals surface area contributed by atoms with E-state index in [2.05, 4.69) is 38.4 Å². The summed E-state index contributed by atoms with van der Waals surface area (Å²) in [4.78, 5) is 24.5. The summed E-state index contributed by atoms with van der Waals surface area (Å²) in [5, 5.41) is 4.73. The lowest BCUT2D eigenvalue weighted by atomic mass is 10.1. The van der Waals surface area contributed by atoms with Gasteiger partial charge in [0.15, 0.2) is 0 Å². The number of fused-ring (bicyclic) bond motifs is 1. The molecule has 1 saturated heterocycles. The largest absolute Gasteiger partial charge is 0.378 e. The molecule has 4 aromatic rings. The zero-order chi connectivity index (χ0) is 23.1. The third-order valence-electron chi connectivity index (χ3n) is 6.40. The summed E-state index contributed by atoms with van der Waals surface area (Å²) in [5.74, 6) is 1.95. The van der Waals surface area contributed by atoms with Gasteiger partial charge in [-0.15, -0.1) is 0 Å². The molecule has 34 heavy (non-hydrogen) atoms. The molecule has 0 atom stereocenters. The first-order chi connectivity index (χ1) is 16.7. The van der Waals surface area contributed by atoms with Crippen LogP contribution in [0.5, 0.6) is 0 Å². The summed E-state index contributed by atoms with van der Waals surface area (Å²) in [5.41, 5.74) is 3.11. The van der Waals surface area contributed by atoms with E-state index in [1.165, 1.54) is 18.4 Å². The Hall–Kier alpha value is -3.42. The van der Waals surface area contributed by atoms with Crippen molar-refractivity contribution in [3.8, 4) is 5.69 Å². The number of aromatic nitrogens is 3. The molecule has 0 amide bonds. The Balaban J connectivity index is 1.46. The fourth-order valence-electron chi connectivity index (χ4n) is 4.47. The van der Waals surface area contributed by atoms with Crippen molar-refractivity contribution in [2.45, 2.75) is 18.8 Å². The van der Waals surface area contributed by atoms with Crippen molar-refractivity contribution in [3.63, 3.8) is 0 Å². The van der Waals surface area contributed by atoms with Crippen LogP contribution < -0.4 is 15.9 Å². The zero-order valence-electron chi connectivity index (χ0n) is 18.6. The highest BCUT2D eigenvalue weighted by molar-refractivity contribution is 6.32. The Morgan fingerprint density at radius 2 is 1.85 bits per heavy atom. The molecule has 1 aliphatic carbocycles. The number of nitrogens with one attached hydrogen (secondary N) is 1. The maximum Gasteiger partial charge on any atom is 0.354 e. The van der Waals surface area contributed by atoms with E-state index < -0.39 is 0 Å². The molecular weight excluding hydrogens is 450 g/mol. The van der Waals surface area contributed by atoms with Gasteiger partial charge in [-0.05, 0) is 54.7 Å². The Bertz CT molecular complexity index is 1430. The molecule has 1 aliphatic heterocycles. The van der Waals surface area contributed by atoms with Crippen molar-refractivity contribution in [1.82, 2.24) is 14.5 Å². The summed E-state index contributed by atoms with van der Waals surface area (Å²) in [6.07, 6.45) is 4.13. The number of anilines is 3. The summed E-state index contributed by atoms with van der Waals surface area (Å²) in [6, 6.07) is 17.5. The minimum absolute atomic E-state index is 0.376. The van der Waals surface area contributed by atoms with E-state index in [0.29, 0.717) is 35.7 Å². The van der Waals surface area contributed by atoms with Crippen molar-refractivity contribution in [1.29, 1.82) is 0 Å². The van der Waals surface area contributed by atoms with E-state index in [1.807, 2.05) is 30.3 Å². The van der Waals surface area contributed by atoms with Gasteiger partial charge in [-0.25, -0.2) is 9.78 Å². The predicted octanol–water partition coefficient (Wildman–Crippen LogP) is 4.89. The SMILES string of the molecule is O=c1nc(Nc2ccnc(N3CCOCC3)c2)c2ccc(C3CC3)cc2n1-c1ccccc1Cl. The molecule has 0 radical (unpaired) electrons. The number of nitrogens with zero attached hydrogens (tertiary/aromatic N) is 4. The highest BCUT2D eigenvalue weighted by Gasteiger charge is 2.25. The summed E-state index contributed by atoms with van der Waals surface area (Å²) in [7, 11) is 0. The normalized spacial score (nSPS) is 16.1. The number of ether oxygens (including phenoxy) is 1. The lowest BCUT2D eigenvalue weighted by molar-refractivity contribution is 0.122. The Morgan fingerprint density at radius 3 is 2.65 bits per heavy atom. The van der Waals surface area contributed by atoms with Gasteiger partial charge in [0, 0.05) is 36.4 Å². The van der Waals surface area contributed by atoms with E-state index >= 15 is 0 Å². The fourth-order valence-corrected chi connectivity index (χ4v) is 4.69. The van der Waals surface area contributed by atoms with Gasteiger partial charge in [0.1, 0.15) is 11.6 Å². The van der Waals surface area contributed by atoms with Crippen LogP contribution in [0.3, 0.4) is 0 Å². The summed E-state index contributed by atoms with van der Waals surface area (Å²) >= 11 is 6.48. The third kappa shape index (κ3) is 4.02. The van der Waals surface area contributed by atoms with E-state index in [0.717, 1.165) is 35.5 Å². The molecule has 0 unspecified atom stereocenters. The molecule has 2 aromatic carbocycles. The molecule has 2 fully saturated rings. The number of halogens is 1. The monoisotopic (exact) mass is 473 g/mol. The van der Waals surface area contributed by atoms with E-state index in [4.69, 9.17) is 16.3 Å². The van der Waals surface area contributed by atoms with Crippen LogP contribution in [0.1, 0.15) is 24.3 Å². The number of hydrogen-bond donors (Lipinski definition) is 1. The summed E-state index contributed by atoms with van der Waals surface area (Å²) < 4.78 is 7.07. The molecule has 8 heteroatoms. The van der Waals surface area contributed by atoms with E-state index in [9.17, 15) is 4.79 Å². The first-order valence-corrected chi connectivity index (χ1v) is 11.9. The molecule has 1 saturated carbocycles. The van der Waals surface area contributed by atoms with Gasteiger partial charge in [0.2, 0.25) is 0 Å². The standard InChI is InChI=1S/C26H24ClN5O2/c27-21-3-1-2-4-22(21)32-23-15-18(17-5-6-17)7-8-20(23)25(30-26(32)33)29-19-9-10-28-24(16-19)31-11-13-34-14-12-31/h1-4,7-10,15-17H,5-6,11-14H2,(H,28,29,30,33). The first kappa shape index (κ1) is 21.1. The fraction of sp³-hybridized carbons (Fsp3) is 0.269. The van der Waals surface area contributed by atoms with Crippen molar-refractivity contribution in [3.05, 3.63) is 81.9 Å². The highest BCUT2D eigenvalue weighted by atomic mass is 35.5. The maximum absolute atomic E-state index is 13.3. The van der Waals surface area contributed by atoms with Crippen LogP contribution in [-0.4, -0.2) is 40.8 Å². The molecule has 3 heterocycles. The molecule has 2 aliphatic rings. The van der Waals surface area contributed by atoms with Crippen LogP contribution >= 0.6 is 11.6 Å². The second kappa shape index (κ2) is 8.74. The number of morpholine rings is 1. The van der Waals surface area contributed by atoms with Gasteiger partial charge in [0.25, 0.3) is 0 Å². The molecule has 172 valence electrons. The van der Waals surface area contributed by atoms with Gasteiger partial charge in [-0.2, -0.15) is 4.98 Å². The minimum atomic E-state index is -0.376. The molecule has 6 rings (SSSR count). The average molecular weight is 474 g/mol. The molecule has 7 nitrogen and oxygen atoms in total. The lowest BCUT2D eigenvalue weighted by Gasteiger charge is -2.28. The van der Waals surface area contributed by atoms with Gasteiger partial charge < -0.3 is 15.0 Å². The van der Waals surface area contributed by atoms with Crippen molar-refractivity contribution >= 4 is 39.8 Å². The van der Waals surface area contributed by atoms with E-state index in [1.54, 1.807) is 16.8 Å². The minimum Gasteiger partial charge on any atom is -0.378 e. The Labute approximate surface area is 202 Å². The summed E-state index contributed by atoms with van der Waals surface area (Å²) in [6.45, 7) is 2.98. The maximum atomic E-state index is 13.3. The Morgan fingerprint density at radius 1 is 1.03 bits per heavy atom. The molecule has 0 bridgehead atoms. The van der Waals surface area contributed by atoms with Gasteiger partial charge in [-0.1, -0.05) is 29.8 Å². The van der Waals surface area contributed by atoms with Crippen LogP contribution in [0.4, 0.5) is 17.3 Å². The number of rotatable bonds is 5. The smallest absolute Gasteiger partial charge is 0.354 e. The quantitative estimate of drug-likeness (QED) is 0.445. The number of benzene rings is 2. The van der Waals surface area contributed by atoms with Crippen molar-refractivity contribution in [2.24, 2.45) is 0 Å². The van der Waals surface area contributed by atoms with Crippen LogP contribution in [0.15, 0.2) is 65.6 Å². The average Bonchev–Trinajstić information content (AvgIpc) is 3.71. The lowest BCUT2D eigenvalue weighted by Crippen LogP contribution is -2.36. The van der Waals surface area contributed by atoms with Crippen LogP contribution in [0.25, 0.3) is 16.6 Å². The van der Waals surface area contributed by atoms with Crippen molar-refractivity contribution < 1.29 is 4.74 Å². The third-order valence-corrected chi connectivity index (χ3v) is 6.72. The van der Waals surface area contributed by atoms with Gasteiger partial charge in [-0.3, -0.25) is 4.57 Å². The number of para-hydroxylation sites is 1. The highest BCUT2D eigenvalue weighted by Crippen LogP contribution is 2.41. The van der Waals surface area contributed by atoms with Crippen molar-refractivity contribution in [2.75, 3.05) is 36.5 Å². The Kier molecular flexibility index (Phi) is 5.43. The molecule has 0 spiro atoms. The molecule has 1 N–H and O–H groups in total. The zero-order valence-corrected chi connectivity index (χ0v) is 19.3. The first-order valence-electron chi connectivity index (χ1n) is 11.5. The van der Waals surface area contributed by atoms with Crippen LogP contribution in [0.2, 0.25) is 5.02 Å². The topological polar surface area (TPSA) is 72.3 Å². The van der Waals surface area contributed by atoms with Crippen LogP contribution in [-0.2, 0) is 4.74 Å². The number of pyridine rings is 1. The van der Waals surface area contributed by atoms with Crippen LogP contribution in [0, 0.1) is 0 Å². The predicted molar refractivity (Wildman–Crippen MR) is 135 cm³/mol. The second-order valence-electron chi connectivity index (χ2n) is 8.71. The van der Waals surface area contributed by atoms with E-state index in [-0.39, 0.29) is 5.69 Å². The second-order valence-corrected chi connectivity index (χ2v) is 9.12. The number of hydrogen-bond acceptors (Lipinski definition) is 6.